The average molecular weight is 342 g/mol. The Balaban J connectivity index is 1.73. The molecule has 118 valence electrons. The molecule has 0 radical (unpaired) electrons. The second kappa shape index (κ2) is 5.73. The van der Waals surface area contributed by atoms with Gasteiger partial charge in [0.2, 0.25) is 0 Å². The number of amides is 1. The van der Waals surface area contributed by atoms with Gasteiger partial charge in [-0.25, -0.2) is 0 Å². The van der Waals surface area contributed by atoms with Crippen LogP contribution >= 0.6 is 22.7 Å². The van der Waals surface area contributed by atoms with Crippen LogP contribution in [0.3, 0.4) is 0 Å². The molecule has 0 unspecified atom stereocenters. The fraction of sp³-hybridized carbons (Fsp3) is 0.333. The Kier molecular flexibility index (Phi) is 3.70. The largest absolute Gasteiger partial charge is 0.319 e. The topological polar surface area (TPSA) is 34.4 Å². The van der Waals surface area contributed by atoms with E-state index in [1.165, 1.54) is 16.9 Å². The van der Waals surface area contributed by atoms with Gasteiger partial charge < -0.3 is 4.57 Å². The normalized spacial score (nSPS) is 18.3. The monoisotopic (exact) mass is 342 g/mol. The van der Waals surface area contributed by atoms with Gasteiger partial charge in [-0.2, -0.15) is 4.99 Å². The number of rotatable bonds is 1. The van der Waals surface area contributed by atoms with Crippen molar-refractivity contribution in [2.24, 2.45) is 18.0 Å². The predicted octanol–water partition coefficient (Wildman–Crippen LogP) is 4.17. The van der Waals surface area contributed by atoms with Crippen LogP contribution in [0.5, 0.6) is 0 Å². The van der Waals surface area contributed by atoms with Crippen molar-refractivity contribution in [3.8, 4) is 0 Å². The molecule has 3 aromatic rings. The number of thiazole rings is 1. The van der Waals surface area contributed by atoms with Crippen LogP contribution in [-0.2, 0) is 19.9 Å². The van der Waals surface area contributed by atoms with Gasteiger partial charge in [-0.15, -0.1) is 11.3 Å². The summed E-state index contributed by atoms with van der Waals surface area (Å²) < 4.78 is 3.15. The molecule has 3 nitrogen and oxygen atoms in total. The molecule has 1 atom stereocenters. The number of benzene rings is 1. The van der Waals surface area contributed by atoms with Gasteiger partial charge in [0.15, 0.2) is 4.80 Å². The maximum atomic E-state index is 12.6. The van der Waals surface area contributed by atoms with E-state index in [4.69, 9.17) is 0 Å². The number of nitrogens with zero attached hydrogens (tertiary/aromatic N) is 2. The highest BCUT2D eigenvalue weighted by molar-refractivity contribution is 7.16. The van der Waals surface area contributed by atoms with Gasteiger partial charge in [-0.1, -0.05) is 30.4 Å². The predicted molar refractivity (Wildman–Crippen MR) is 96.2 cm³/mol. The van der Waals surface area contributed by atoms with Gasteiger partial charge >= 0.3 is 0 Å². The van der Waals surface area contributed by atoms with Gasteiger partial charge in [0.1, 0.15) is 0 Å². The van der Waals surface area contributed by atoms with Crippen molar-refractivity contribution < 1.29 is 4.79 Å². The van der Waals surface area contributed by atoms with E-state index in [0.29, 0.717) is 0 Å². The highest BCUT2D eigenvalue weighted by atomic mass is 32.1. The molecule has 1 aliphatic rings. The minimum Gasteiger partial charge on any atom is -0.319 e. The molecule has 0 saturated carbocycles. The van der Waals surface area contributed by atoms with E-state index in [0.717, 1.165) is 38.7 Å². The van der Waals surface area contributed by atoms with Crippen LogP contribution in [0.1, 0.15) is 33.5 Å². The van der Waals surface area contributed by atoms with E-state index in [9.17, 15) is 4.79 Å². The van der Waals surface area contributed by atoms with Gasteiger partial charge in [-0.05, 0) is 48.9 Å². The Bertz CT molecular complexity index is 961. The standard InChI is InChI=1S/C18H18N2OS2/c1-11-7-8-14-12(9-11)10-16(22-14)17(21)19-18-20(2)13-5-3-4-6-15(13)23-18/h3-6,10-11H,7-9H2,1-2H3/t11-/m1/s1. The number of carbonyl (C=O) groups excluding carboxylic acids is 1. The van der Waals surface area contributed by atoms with Gasteiger partial charge in [0.05, 0.1) is 15.1 Å². The van der Waals surface area contributed by atoms with E-state index in [1.54, 1.807) is 22.7 Å². The molecule has 0 bridgehead atoms. The van der Waals surface area contributed by atoms with Crippen molar-refractivity contribution in [2.45, 2.75) is 26.2 Å². The fourth-order valence-electron chi connectivity index (χ4n) is 3.14. The molecule has 0 saturated heterocycles. The minimum absolute atomic E-state index is 0.112. The Labute approximate surface area is 142 Å². The van der Waals surface area contributed by atoms with Crippen LogP contribution < -0.4 is 4.80 Å². The lowest BCUT2D eigenvalue weighted by atomic mass is 9.90. The molecule has 5 heteroatoms. The molecule has 2 heterocycles. The Morgan fingerprint density at radius 3 is 2.96 bits per heavy atom. The zero-order chi connectivity index (χ0) is 16.0. The number of para-hydroxylation sites is 1. The fourth-order valence-corrected chi connectivity index (χ4v) is 5.25. The van der Waals surface area contributed by atoms with Gasteiger partial charge in [0.25, 0.3) is 5.91 Å². The van der Waals surface area contributed by atoms with E-state index in [2.05, 4.69) is 30.1 Å². The number of aryl methyl sites for hydroxylation is 2. The van der Waals surface area contributed by atoms with Gasteiger partial charge in [0, 0.05) is 11.9 Å². The van der Waals surface area contributed by atoms with Crippen molar-refractivity contribution >= 4 is 38.8 Å². The maximum Gasteiger partial charge on any atom is 0.289 e. The number of thiophene rings is 1. The lowest BCUT2D eigenvalue weighted by molar-refractivity contribution is 0.100. The van der Waals surface area contributed by atoms with Crippen LogP contribution in [0.25, 0.3) is 10.2 Å². The zero-order valence-electron chi connectivity index (χ0n) is 13.2. The lowest BCUT2D eigenvalue weighted by Gasteiger charge is -2.16. The van der Waals surface area contributed by atoms with Crippen molar-refractivity contribution in [2.75, 3.05) is 0 Å². The number of hydrogen-bond acceptors (Lipinski definition) is 3. The lowest BCUT2D eigenvalue weighted by Crippen LogP contribution is -2.12. The van der Waals surface area contributed by atoms with E-state index in [1.807, 2.05) is 23.7 Å². The number of aromatic nitrogens is 1. The zero-order valence-corrected chi connectivity index (χ0v) is 14.8. The second-order valence-corrected chi connectivity index (χ2v) is 8.38. The summed E-state index contributed by atoms with van der Waals surface area (Å²) in [5.74, 6) is 0.608. The third-order valence-electron chi connectivity index (χ3n) is 4.45. The third kappa shape index (κ3) is 2.68. The van der Waals surface area contributed by atoms with E-state index < -0.39 is 0 Å². The number of hydrogen-bond donors (Lipinski definition) is 0. The molecular formula is C18H18N2OS2. The van der Waals surface area contributed by atoms with Crippen molar-refractivity contribution in [1.29, 1.82) is 0 Å². The van der Waals surface area contributed by atoms with E-state index in [-0.39, 0.29) is 5.91 Å². The van der Waals surface area contributed by atoms with Crippen molar-refractivity contribution in [1.82, 2.24) is 4.57 Å². The van der Waals surface area contributed by atoms with E-state index >= 15 is 0 Å². The molecule has 23 heavy (non-hydrogen) atoms. The smallest absolute Gasteiger partial charge is 0.289 e. The summed E-state index contributed by atoms with van der Waals surface area (Å²) in [4.78, 5) is 19.9. The van der Waals surface area contributed by atoms with Crippen LogP contribution in [0.2, 0.25) is 0 Å². The van der Waals surface area contributed by atoms with Crippen LogP contribution in [0.4, 0.5) is 0 Å². The Morgan fingerprint density at radius 2 is 2.13 bits per heavy atom. The summed E-state index contributed by atoms with van der Waals surface area (Å²) in [5, 5.41) is 0. The maximum absolute atomic E-state index is 12.6. The molecule has 0 N–H and O–H groups in total. The van der Waals surface area contributed by atoms with Crippen molar-refractivity contribution in [3.05, 3.63) is 50.5 Å². The SMILES string of the molecule is C[C@@H]1CCc2sc(C(=O)N=c3sc4ccccc4n3C)cc2C1. The minimum atomic E-state index is -0.112. The molecular weight excluding hydrogens is 324 g/mol. The Morgan fingerprint density at radius 1 is 1.30 bits per heavy atom. The first-order valence-electron chi connectivity index (χ1n) is 7.87. The molecule has 2 aromatic heterocycles. The first kappa shape index (κ1) is 14.8. The average Bonchev–Trinajstić information content (AvgIpc) is 3.09. The highest BCUT2D eigenvalue weighted by Gasteiger charge is 2.20. The first-order valence-corrected chi connectivity index (χ1v) is 9.50. The van der Waals surface area contributed by atoms with Crippen LogP contribution in [-0.4, -0.2) is 10.5 Å². The molecule has 0 spiro atoms. The molecule has 1 aliphatic carbocycles. The van der Waals surface area contributed by atoms with Crippen molar-refractivity contribution in [3.63, 3.8) is 0 Å². The second-order valence-electron chi connectivity index (χ2n) is 6.24. The first-order chi connectivity index (χ1) is 11.1. The summed E-state index contributed by atoms with van der Waals surface area (Å²) in [5.41, 5.74) is 2.47. The summed E-state index contributed by atoms with van der Waals surface area (Å²) in [7, 11) is 1.96. The quantitative estimate of drug-likeness (QED) is 0.653. The molecule has 0 fully saturated rings. The highest BCUT2D eigenvalue weighted by Crippen LogP contribution is 2.32. The molecule has 1 aromatic carbocycles. The number of fused-ring (bicyclic) bond motifs is 2. The molecule has 1 amide bonds. The van der Waals surface area contributed by atoms with Crippen LogP contribution in [0, 0.1) is 5.92 Å². The van der Waals surface area contributed by atoms with Crippen LogP contribution in [0.15, 0.2) is 35.3 Å². The number of carbonyl (C=O) groups is 1. The Hall–Kier alpha value is -1.72. The molecule has 4 rings (SSSR count). The molecule has 0 aliphatic heterocycles. The summed E-state index contributed by atoms with van der Waals surface area (Å²) in [6.45, 7) is 2.28. The summed E-state index contributed by atoms with van der Waals surface area (Å²) >= 11 is 3.19. The van der Waals surface area contributed by atoms with Gasteiger partial charge in [-0.3, -0.25) is 4.79 Å². The summed E-state index contributed by atoms with van der Waals surface area (Å²) in [6.07, 6.45) is 3.42. The summed E-state index contributed by atoms with van der Waals surface area (Å²) in [6, 6.07) is 10.2. The third-order valence-corrected chi connectivity index (χ3v) is 6.79.